The molecule has 1 aliphatic rings. The quantitative estimate of drug-likeness (QED) is 0.338. The predicted molar refractivity (Wildman–Crippen MR) is 68.4 cm³/mol. The van der Waals surface area contributed by atoms with E-state index in [9.17, 15) is 4.79 Å². The second-order valence-electron chi connectivity index (χ2n) is 5.12. The van der Waals surface area contributed by atoms with Gasteiger partial charge in [0.2, 0.25) is 5.91 Å². The molecule has 0 saturated carbocycles. The Hall–Kier alpha value is -1.30. The van der Waals surface area contributed by atoms with Crippen molar-refractivity contribution in [2.45, 2.75) is 46.3 Å². The van der Waals surface area contributed by atoms with Gasteiger partial charge in [-0.15, -0.1) is 0 Å². The third kappa shape index (κ3) is 2.58. The molecule has 1 saturated heterocycles. The van der Waals surface area contributed by atoms with Crippen LogP contribution >= 0.6 is 0 Å². The number of ether oxygens (including phenoxy) is 1. The number of amidine groups is 1. The summed E-state index contributed by atoms with van der Waals surface area (Å²) in [5.41, 5.74) is 4.71. The highest BCUT2D eigenvalue weighted by atomic mass is 16.5. The molecule has 18 heavy (non-hydrogen) atoms. The number of rotatable bonds is 3. The van der Waals surface area contributed by atoms with Crippen molar-refractivity contribution in [3.8, 4) is 0 Å². The Labute approximate surface area is 108 Å². The van der Waals surface area contributed by atoms with Gasteiger partial charge in [0.05, 0.1) is 18.8 Å². The summed E-state index contributed by atoms with van der Waals surface area (Å²) < 4.78 is 5.50. The minimum atomic E-state index is -0.958. The van der Waals surface area contributed by atoms with Crippen molar-refractivity contribution in [2.24, 2.45) is 16.3 Å². The maximum Gasteiger partial charge on any atom is 0.236 e. The molecule has 1 heterocycles. The standard InChI is InChI=1S/C12H23N3O3/c1-5-12(4,10(13)14-17)11(16)15-6-9(3)18-7-8(15)2/h8-9,17H,5-7H2,1-4H3,(H2,13,14). The molecule has 0 aliphatic carbocycles. The van der Waals surface area contributed by atoms with Crippen LogP contribution in [-0.4, -0.2) is 47.1 Å². The number of amides is 1. The number of hydrogen-bond acceptors (Lipinski definition) is 4. The van der Waals surface area contributed by atoms with Crippen LogP contribution in [0.4, 0.5) is 0 Å². The molecule has 6 heteroatoms. The summed E-state index contributed by atoms with van der Waals surface area (Å²) in [7, 11) is 0. The minimum Gasteiger partial charge on any atom is -0.409 e. The summed E-state index contributed by atoms with van der Waals surface area (Å²) in [5.74, 6) is -0.149. The molecule has 1 fully saturated rings. The molecule has 0 aromatic heterocycles. The topological polar surface area (TPSA) is 88.2 Å². The molecule has 3 N–H and O–H groups in total. The molecule has 0 aromatic rings. The molecule has 0 bridgehead atoms. The molecule has 1 rings (SSSR count). The number of nitrogens with two attached hydrogens (primary N) is 1. The Kier molecular flexibility index (Phi) is 4.56. The Morgan fingerprint density at radius 1 is 1.61 bits per heavy atom. The van der Waals surface area contributed by atoms with Crippen molar-refractivity contribution < 1.29 is 14.7 Å². The summed E-state index contributed by atoms with van der Waals surface area (Å²) >= 11 is 0. The average molecular weight is 257 g/mol. The molecule has 0 spiro atoms. The molecule has 1 amide bonds. The third-order valence-corrected chi connectivity index (χ3v) is 3.72. The van der Waals surface area contributed by atoms with Gasteiger partial charge in [0.1, 0.15) is 5.41 Å². The third-order valence-electron chi connectivity index (χ3n) is 3.72. The van der Waals surface area contributed by atoms with Crippen molar-refractivity contribution in [3.05, 3.63) is 0 Å². The first-order chi connectivity index (χ1) is 8.36. The van der Waals surface area contributed by atoms with E-state index < -0.39 is 5.41 Å². The fourth-order valence-corrected chi connectivity index (χ4v) is 2.06. The van der Waals surface area contributed by atoms with Gasteiger partial charge in [-0.2, -0.15) is 0 Å². The van der Waals surface area contributed by atoms with Crippen LogP contribution in [0.3, 0.4) is 0 Å². The summed E-state index contributed by atoms with van der Waals surface area (Å²) in [6, 6.07) is 0.00562. The van der Waals surface area contributed by atoms with Gasteiger partial charge in [-0.05, 0) is 27.2 Å². The van der Waals surface area contributed by atoms with Crippen LogP contribution in [0, 0.1) is 5.41 Å². The van der Waals surface area contributed by atoms with Crippen LogP contribution in [-0.2, 0) is 9.53 Å². The summed E-state index contributed by atoms with van der Waals surface area (Å²) in [5, 5.41) is 11.8. The lowest BCUT2D eigenvalue weighted by molar-refractivity contribution is -0.150. The normalized spacial score (nSPS) is 28.9. The Balaban J connectivity index is 2.96. The largest absolute Gasteiger partial charge is 0.409 e. The number of hydrogen-bond donors (Lipinski definition) is 2. The van der Waals surface area contributed by atoms with Gasteiger partial charge in [-0.3, -0.25) is 4.79 Å². The first kappa shape index (κ1) is 14.8. The molecule has 0 aromatic carbocycles. The zero-order valence-corrected chi connectivity index (χ0v) is 11.5. The van der Waals surface area contributed by atoms with Gasteiger partial charge >= 0.3 is 0 Å². The van der Waals surface area contributed by atoms with E-state index in [4.69, 9.17) is 15.7 Å². The van der Waals surface area contributed by atoms with E-state index in [0.717, 1.165) is 0 Å². The Morgan fingerprint density at radius 2 is 2.22 bits per heavy atom. The van der Waals surface area contributed by atoms with E-state index in [1.165, 1.54) is 0 Å². The van der Waals surface area contributed by atoms with Gasteiger partial charge in [0.25, 0.3) is 0 Å². The first-order valence-electron chi connectivity index (χ1n) is 6.27. The van der Waals surface area contributed by atoms with Crippen LogP contribution in [0.2, 0.25) is 0 Å². The zero-order chi connectivity index (χ0) is 13.9. The first-order valence-corrected chi connectivity index (χ1v) is 6.27. The molecule has 3 unspecified atom stereocenters. The van der Waals surface area contributed by atoms with Gasteiger partial charge in [-0.1, -0.05) is 12.1 Å². The maximum atomic E-state index is 12.6. The summed E-state index contributed by atoms with van der Waals surface area (Å²) in [6.45, 7) is 8.48. The van der Waals surface area contributed by atoms with E-state index in [-0.39, 0.29) is 23.9 Å². The number of oxime groups is 1. The fourth-order valence-electron chi connectivity index (χ4n) is 2.06. The van der Waals surface area contributed by atoms with Crippen LogP contribution in [0.25, 0.3) is 0 Å². The molecular weight excluding hydrogens is 234 g/mol. The van der Waals surface area contributed by atoms with Gasteiger partial charge in [0, 0.05) is 6.54 Å². The lowest BCUT2D eigenvalue weighted by atomic mass is 9.84. The average Bonchev–Trinajstić information content (AvgIpc) is 2.38. The smallest absolute Gasteiger partial charge is 0.236 e. The van der Waals surface area contributed by atoms with Crippen LogP contribution in [0.5, 0.6) is 0 Å². The highest BCUT2D eigenvalue weighted by Crippen LogP contribution is 2.27. The Morgan fingerprint density at radius 3 is 2.72 bits per heavy atom. The SMILES string of the molecule is CCC(C)(C(=O)N1CC(C)OCC1C)C(N)=NO. The van der Waals surface area contributed by atoms with Crippen molar-refractivity contribution in [3.63, 3.8) is 0 Å². The van der Waals surface area contributed by atoms with Crippen molar-refractivity contribution in [1.82, 2.24) is 4.90 Å². The van der Waals surface area contributed by atoms with E-state index in [1.54, 1.807) is 11.8 Å². The fraction of sp³-hybridized carbons (Fsp3) is 0.833. The molecule has 0 radical (unpaired) electrons. The lowest BCUT2D eigenvalue weighted by Gasteiger charge is -2.41. The molecule has 1 aliphatic heterocycles. The molecular formula is C12H23N3O3. The van der Waals surface area contributed by atoms with Crippen molar-refractivity contribution >= 4 is 11.7 Å². The minimum absolute atomic E-state index is 0.00562. The highest BCUT2D eigenvalue weighted by Gasteiger charge is 2.42. The number of morpholine rings is 1. The predicted octanol–water partition coefficient (Wildman–Crippen LogP) is 0.785. The van der Waals surface area contributed by atoms with Gasteiger partial charge < -0.3 is 20.6 Å². The zero-order valence-electron chi connectivity index (χ0n) is 11.5. The Bertz CT molecular complexity index is 345. The second-order valence-corrected chi connectivity index (χ2v) is 5.12. The van der Waals surface area contributed by atoms with Crippen molar-refractivity contribution in [2.75, 3.05) is 13.2 Å². The highest BCUT2D eigenvalue weighted by molar-refractivity contribution is 6.06. The maximum absolute atomic E-state index is 12.6. The van der Waals surface area contributed by atoms with Gasteiger partial charge in [0.15, 0.2) is 5.84 Å². The van der Waals surface area contributed by atoms with E-state index >= 15 is 0 Å². The summed E-state index contributed by atoms with van der Waals surface area (Å²) in [6.07, 6.45) is 0.499. The van der Waals surface area contributed by atoms with Crippen LogP contribution < -0.4 is 5.73 Å². The van der Waals surface area contributed by atoms with E-state index in [1.807, 2.05) is 20.8 Å². The van der Waals surface area contributed by atoms with Crippen molar-refractivity contribution in [1.29, 1.82) is 0 Å². The summed E-state index contributed by atoms with van der Waals surface area (Å²) in [4.78, 5) is 14.4. The number of carbonyl (C=O) groups excluding carboxylic acids is 1. The molecule has 3 atom stereocenters. The number of carbonyl (C=O) groups is 1. The van der Waals surface area contributed by atoms with Crippen LogP contribution in [0.1, 0.15) is 34.1 Å². The monoisotopic (exact) mass is 257 g/mol. The molecule has 104 valence electrons. The molecule has 6 nitrogen and oxygen atoms in total. The lowest BCUT2D eigenvalue weighted by Crippen LogP contribution is -2.57. The second kappa shape index (κ2) is 5.56. The van der Waals surface area contributed by atoms with E-state index in [0.29, 0.717) is 19.6 Å². The van der Waals surface area contributed by atoms with Gasteiger partial charge in [-0.25, -0.2) is 0 Å². The van der Waals surface area contributed by atoms with Crippen LogP contribution in [0.15, 0.2) is 5.16 Å². The van der Waals surface area contributed by atoms with E-state index in [2.05, 4.69) is 5.16 Å². The number of nitrogens with zero attached hydrogens (tertiary/aromatic N) is 2.